The second-order valence-electron chi connectivity index (χ2n) is 15.6. The van der Waals surface area contributed by atoms with Gasteiger partial charge in [0.1, 0.15) is 42.1 Å². The number of carboxylic acid groups (broad SMARTS) is 1. The maximum absolute atomic E-state index is 14.7. The van der Waals surface area contributed by atoms with E-state index in [0.29, 0.717) is 12.0 Å². The van der Waals surface area contributed by atoms with Gasteiger partial charge >= 0.3 is 11.9 Å². The molecule has 1 saturated heterocycles. The number of aromatic amines is 1. The molecule has 12 atom stereocenters. The molecular weight excluding hydrogens is 804 g/mol. The number of hydrogen-bond acceptors (Lipinski definition) is 12. The van der Waals surface area contributed by atoms with Crippen molar-refractivity contribution < 1.29 is 63.3 Å². The van der Waals surface area contributed by atoms with Crippen LogP contribution in [0.15, 0.2) is 60.3 Å². The molecule has 17 nitrogen and oxygen atoms in total. The number of ether oxygens (including phenoxy) is 4. The molecule has 0 bridgehead atoms. The lowest BCUT2D eigenvalue weighted by Gasteiger charge is -2.38. The summed E-state index contributed by atoms with van der Waals surface area (Å²) in [5.74, 6) is -6.86. The van der Waals surface area contributed by atoms with Crippen LogP contribution < -0.4 is 15.4 Å². The first-order valence-electron chi connectivity index (χ1n) is 19.5. The number of cyclic esters (lactones) is 1. The van der Waals surface area contributed by atoms with E-state index in [1.54, 1.807) is 27.0 Å². The number of fused-ring (bicyclic) bond motifs is 1. The highest BCUT2D eigenvalue weighted by Crippen LogP contribution is 2.35. The SMILES string of the molecule is CO[C@@H]1C(=O)O[C@H](C)[C@@H](C)C=C(C)C[C@H](C)C(=O)N[C@@H](C)C(=O)N(C)[C@H](Cc2c[nH]c3ccccc23)C(=O)NC1c1ccc(OC2OC(O)C(O)C(O)C2C(=O)O)c(Cl)c1. The molecule has 5 rings (SSSR count). The van der Waals surface area contributed by atoms with Crippen LogP contribution in [0.2, 0.25) is 5.02 Å². The average Bonchev–Trinajstić information content (AvgIpc) is 3.61. The van der Waals surface area contributed by atoms with Gasteiger partial charge in [-0.2, -0.15) is 0 Å². The number of H-pyrrole nitrogens is 1. The molecule has 2 aromatic carbocycles. The Labute approximate surface area is 351 Å². The van der Waals surface area contributed by atoms with Crippen LogP contribution in [0.25, 0.3) is 10.9 Å². The molecule has 3 heterocycles. The van der Waals surface area contributed by atoms with Gasteiger partial charge in [-0.3, -0.25) is 19.2 Å². The fourth-order valence-corrected chi connectivity index (χ4v) is 7.70. The van der Waals surface area contributed by atoms with Crippen LogP contribution in [0.1, 0.15) is 58.2 Å². The molecule has 0 spiro atoms. The largest absolute Gasteiger partial charge is 0.481 e. The van der Waals surface area contributed by atoms with E-state index in [0.717, 1.165) is 16.5 Å². The minimum absolute atomic E-state index is 0.00851. The number of nitrogens with zero attached hydrogens (tertiary/aromatic N) is 1. The average molecular weight is 857 g/mol. The first-order valence-corrected chi connectivity index (χ1v) is 19.9. The number of esters is 1. The molecule has 6 unspecified atom stereocenters. The number of allylic oxidation sites excluding steroid dienone is 1. The number of aromatic nitrogens is 1. The van der Waals surface area contributed by atoms with E-state index in [-0.39, 0.29) is 34.6 Å². The highest BCUT2D eigenvalue weighted by molar-refractivity contribution is 6.32. The number of rotatable bonds is 7. The van der Waals surface area contributed by atoms with Crippen LogP contribution in [-0.2, 0) is 44.6 Å². The molecule has 0 aliphatic carbocycles. The molecule has 18 heteroatoms. The number of halogens is 1. The van der Waals surface area contributed by atoms with E-state index in [1.807, 2.05) is 44.2 Å². The molecule has 2 aliphatic rings. The van der Waals surface area contributed by atoms with Crippen LogP contribution in [0.4, 0.5) is 0 Å². The number of carboxylic acids is 1. The summed E-state index contributed by atoms with van der Waals surface area (Å²) in [6.45, 7) is 8.70. The van der Waals surface area contributed by atoms with Crippen molar-refractivity contribution in [1.82, 2.24) is 20.5 Å². The molecule has 3 amide bonds. The van der Waals surface area contributed by atoms with Gasteiger partial charge in [0.15, 0.2) is 12.4 Å². The number of methoxy groups -OCH3 is 1. The molecule has 326 valence electrons. The van der Waals surface area contributed by atoms with E-state index in [9.17, 15) is 44.4 Å². The number of benzene rings is 2. The van der Waals surface area contributed by atoms with Crippen LogP contribution in [-0.4, -0.2) is 123 Å². The minimum atomic E-state index is -1.98. The Hall–Kier alpha value is -5.04. The van der Waals surface area contributed by atoms with Gasteiger partial charge in [-0.1, -0.05) is 61.4 Å². The first-order chi connectivity index (χ1) is 28.3. The van der Waals surface area contributed by atoms with Crippen LogP contribution >= 0.6 is 11.6 Å². The maximum Gasteiger partial charge on any atom is 0.338 e. The lowest BCUT2D eigenvalue weighted by Crippen LogP contribution is -2.58. The molecule has 1 fully saturated rings. The molecule has 60 heavy (non-hydrogen) atoms. The summed E-state index contributed by atoms with van der Waals surface area (Å²) >= 11 is 6.69. The summed E-state index contributed by atoms with van der Waals surface area (Å²) in [5, 5.41) is 46.6. The molecule has 1 aromatic heterocycles. The van der Waals surface area contributed by atoms with Gasteiger partial charge in [0, 0.05) is 49.5 Å². The fraction of sp³-hybridized carbons (Fsp3) is 0.500. The number of aliphatic hydroxyl groups excluding tert-OH is 3. The zero-order valence-electron chi connectivity index (χ0n) is 34.3. The smallest absolute Gasteiger partial charge is 0.338 e. The van der Waals surface area contributed by atoms with E-state index < -0.39 is 90.7 Å². The molecule has 0 radical (unpaired) electrons. The summed E-state index contributed by atoms with van der Waals surface area (Å²) in [6.07, 6.45) is -5.84. The maximum atomic E-state index is 14.7. The molecule has 3 aromatic rings. The summed E-state index contributed by atoms with van der Waals surface area (Å²) in [4.78, 5) is 72.6. The van der Waals surface area contributed by atoms with Gasteiger partial charge in [0.05, 0.1) is 11.1 Å². The minimum Gasteiger partial charge on any atom is -0.481 e. The summed E-state index contributed by atoms with van der Waals surface area (Å²) in [7, 11) is 2.71. The predicted octanol–water partition coefficient (Wildman–Crippen LogP) is 2.60. The molecule has 2 aliphatic heterocycles. The topological polar surface area (TPSA) is 246 Å². The van der Waals surface area contributed by atoms with E-state index in [2.05, 4.69) is 15.6 Å². The number of amides is 3. The van der Waals surface area contributed by atoms with Crippen molar-refractivity contribution >= 4 is 52.2 Å². The Kier molecular flexibility index (Phi) is 15.0. The zero-order valence-corrected chi connectivity index (χ0v) is 35.1. The Balaban J connectivity index is 1.58. The monoisotopic (exact) mass is 856 g/mol. The van der Waals surface area contributed by atoms with Gasteiger partial charge in [-0.05, 0) is 56.5 Å². The number of likely N-dealkylation sites (N-methyl/N-ethyl adjacent to an activating group) is 1. The van der Waals surface area contributed by atoms with Crippen molar-refractivity contribution in [2.75, 3.05) is 14.2 Å². The quantitative estimate of drug-likeness (QED) is 0.134. The standard InChI is InChI=1S/C42H53ClN4O13/c1-19-14-20(2)23(5)58-41(56)35(57-7)32(24-12-13-30(27(43)16-24)59-42-31(39(53)54)33(48)34(49)40(55)60-42)46-37(51)29(17-25-18-44-28-11-9-8-10-26(25)28)47(6)38(52)22(4)45-36(50)21(3)15-19/h8-14,16,18,20-23,29,31-35,40,42,44,48-49,55H,15,17H2,1-7H3,(H,45,50)(H,46,51)(H,53,54)/t20-,21-,22-,23+,29+,31?,32?,33?,34?,35-,40?,42?/m0/s1. The molecular formula is C42H53ClN4O13. The van der Waals surface area contributed by atoms with E-state index in [4.69, 9.17) is 30.5 Å². The van der Waals surface area contributed by atoms with Crippen LogP contribution in [0, 0.1) is 17.8 Å². The van der Waals surface area contributed by atoms with Crippen molar-refractivity contribution in [2.24, 2.45) is 17.8 Å². The summed E-state index contributed by atoms with van der Waals surface area (Å²) in [6, 6.07) is 7.91. The second-order valence-corrected chi connectivity index (χ2v) is 16.0. The summed E-state index contributed by atoms with van der Waals surface area (Å²) < 4.78 is 22.5. The Morgan fingerprint density at radius 3 is 2.35 bits per heavy atom. The Morgan fingerprint density at radius 2 is 1.68 bits per heavy atom. The van der Waals surface area contributed by atoms with Crippen molar-refractivity contribution in [3.05, 3.63) is 76.5 Å². The fourth-order valence-electron chi connectivity index (χ4n) is 7.47. The first kappa shape index (κ1) is 46.0. The number of hydrogen-bond donors (Lipinski definition) is 7. The number of aliphatic carboxylic acids is 1. The second kappa shape index (κ2) is 19.6. The number of carbonyl (C=O) groups excluding carboxylic acids is 4. The predicted molar refractivity (Wildman–Crippen MR) is 216 cm³/mol. The Bertz CT molecular complexity index is 2090. The van der Waals surface area contributed by atoms with Gasteiger partial charge in [0.2, 0.25) is 24.0 Å². The highest BCUT2D eigenvalue weighted by atomic mass is 35.5. The van der Waals surface area contributed by atoms with Gasteiger partial charge in [0.25, 0.3) is 0 Å². The van der Waals surface area contributed by atoms with Gasteiger partial charge < -0.3 is 59.9 Å². The van der Waals surface area contributed by atoms with Crippen molar-refractivity contribution in [3.63, 3.8) is 0 Å². The molecule has 0 saturated carbocycles. The van der Waals surface area contributed by atoms with E-state index in [1.165, 1.54) is 37.3 Å². The number of carbonyl (C=O) groups is 5. The number of aliphatic hydroxyl groups is 3. The summed E-state index contributed by atoms with van der Waals surface area (Å²) in [5.41, 5.74) is 2.57. The number of para-hydroxylation sites is 1. The van der Waals surface area contributed by atoms with Crippen molar-refractivity contribution in [3.8, 4) is 5.75 Å². The zero-order chi connectivity index (χ0) is 44.2. The van der Waals surface area contributed by atoms with E-state index >= 15 is 0 Å². The lowest BCUT2D eigenvalue weighted by molar-refractivity contribution is -0.306. The number of nitrogens with one attached hydrogen (secondary N) is 3. The lowest BCUT2D eigenvalue weighted by atomic mass is 9.94. The van der Waals surface area contributed by atoms with Gasteiger partial charge in [-0.25, -0.2) is 4.79 Å². The highest BCUT2D eigenvalue weighted by Gasteiger charge is 2.49. The third-order valence-electron chi connectivity index (χ3n) is 11.1. The normalized spacial score (nSPS) is 31.6. The van der Waals surface area contributed by atoms with Crippen molar-refractivity contribution in [1.29, 1.82) is 0 Å². The van der Waals surface area contributed by atoms with Crippen LogP contribution in [0.3, 0.4) is 0 Å². The van der Waals surface area contributed by atoms with Crippen molar-refractivity contribution in [2.45, 2.75) is 103 Å². The third kappa shape index (κ3) is 10.3. The van der Waals surface area contributed by atoms with Gasteiger partial charge in [-0.15, -0.1) is 0 Å². The Morgan fingerprint density at radius 1 is 0.983 bits per heavy atom. The molecule has 7 N–H and O–H groups in total. The third-order valence-corrected chi connectivity index (χ3v) is 11.4. The van der Waals surface area contributed by atoms with Crippen LogP contribution in [0.5, 0.6) is 5.75 Å².